The highest BCUT2D eigenvalue weighted by atomic mass is 32.2. The Hall–Kier alpha value is -0.470. The van der Waals surface area contributed by atoms with Gasteiger partial charge in [0, 0.05) is 10.6 Å². The van der Waals surface area contributed by atoms with E-state index in [0.717, 1.165) is 5.75 Å². The number of ether oxygens (including phenoxy) is 1. The minimum atomic E-state index is 0.516. The molecule has 2 heteroatoms. The summed E-state index contributed by atoms with van der Waals surface area (Å²) in [4.78, 5) is 1.35. The van der Waals surface area contributed by atoms with E-state index in [1.807, 2.05) is 11.8 Å². The van der Waals surface area contributed by atoms with Gasteiger partial charge in [-0.2, -0.15) is 0 Å². The highest BCUT2D eigenvalue weighted by Crippen LogP contribution is 2.32. The quantitative estimate of drug-likeness (QED) is 0.382. The summed E-state index contributed by atoms with van der Waals surface area (Å²) in [6, 6.07) is 10.6. The van der Waals surface area contributed by atoms with Gasteiger partial charge in [0.1, 0.15) is 0 Å². The first-order valence-electron chi connectivity index (χ1n) is 6.73. The Morgan fingerprint density at radius 1 is 1.06 bits per heavy atom. The fourth-order valence-electron chi connectivity index (χ4n) is 2.05. The topological polar surface area (TPSA) is 12.5 Å². The van der Waals surface area contributed by atoms with Crippen molar-refractivity contribution in [1.29, 1.82) is 0 Å². The second-order valence-corrected chi connectivity index (χ2v) is 5.78. The molecule has 1 aromatic carbocycles. The maximum Gasteiger partial charge on any atom is 0.0935 e. The predicted octanol–water partition coefficient (Wildman–Crippen LogP) is 4.52. The Balaban J connectivity index is 1.54. The standard InChI is InChI=1S/C15H22OS/c1-2-3-4-8-11-14-15(16-14)12-17-13-9-6-5-7-10-13/h5-7,9-10,14-15H,2-4,8,11-12H2,1H3/t14-,15-/m0/s1. The minimum absolute atomic E-state index is 0.516. The van der Waals surface area contributed by atoms with Crippen molar-refractivity contribution in [2.45, 2.75) is 56.1 Å². The van der Waals surface area contributed by atoms with E-state index in [-0.39, 0.29) is 0 Å². The van der Waals surface area contributed by atoms with E-state index in [1.54, 1.807) is 0 Å². The molecule has 1 aliphatic heterocycles. The van der Waals surface area contributed by atoms with E-state index < -0.39 is 0 Å². The van der Waals surface area contributed by atoms with E-state index >= 15 is 0 Å². The average molecular weight is 250 g/mol. The summed E-state index contributed by atoms with van der Waals surface area (Å²) in [6.45, 7) is 2.26. The van der Waals surface area contributed by atoms with Crippen molar-refractivity contribution in [1.82, 2.24) is 0 Å². The lowest BCUT2D eigenvalue weighted by Gasteiger charge is -1.98. The maximum absolute atomic E-state index is 5.70. The van der Waals surface area contributed by atoms with E-state index in [4.69, 9.17) is 4.74 Å². The number of thioether (sulfide) groups is 1. The van der Waals surface area contributed by atoms with Crippen LogP contribution in [0.5, 0.6) is 0 Å². The van der Waals surface area contributed by atoms with Crippen molar-refractivity contribution >= 4 is 11.8 Å². The summed E-state index contributed by atoms with van der Waals surface area (Å²) in [5.41, 5.74) is 0. The zero-order chi connectivity index (χ0) is 11.9. The van der Waals surface area contributed by atoms with Crippen molar-refractivity contribution in [2.75, 3.05) is 5.75 Å². The number of epoxide rings is 1. The molecule has 94 valence electrons. The lowest BCUT2D eigenvalue weighted by Crippen LogP contribution is -1.97. The fraction of sp³-hybridized carbons (Fsp3) is 0.600. The molecule has 1 heterocycles. The largest absolute Gasteiger partial charge is 0.369 e. The van der Waals surface area contributed by atoms with Crippen molar-refractivity contribution in [2.24, 2.45) is 0 Å². The van der Waals surface area contributed by atoms with E-state index in [9.17, 15) is 0 Å². The molecular formula is C15H22OS. The van der Waals surface area contributed by atoms with Crippen LogP contribution in [0.3, 0.4) is 0 Å². The van der Waals surface area contributed by atoms with Gasteiger partial charge >= 0.3 is 0 Å². The molecule has 0 unspecified atom stereocenters. The molecule has 0 N–H and O–H groups in total. The highest BCUT2D eigenvalue weighted by Gasteiger charge is 2.37. The SMILES string of the molecule is CCCCCC[C@@H]1O[C@H]1CSc1ccccc1. The summed E-state index contributed by atoms with van der Waals surface area (Å²) in [5.74, 6) is 1.11. The molecule has 0 amide bonds. The third-order valence-electron chi connectivity index (χ3n) is 3.19. The zero-order valence-corrected chi connectivity index (χ0v) is 11.4. The van der Waals surface area contributed by atoms with Gasteiger partial charge in [0.25, 0.3) is 0 Å². The average Bonchev–Trinajstić information content (AvgIpc) is 3.12. The van der Waals surface area contributed by atoms with Gasteiger partial charge in [-0.15, -0.1) is 11.8 Å². The summed E-state index contributed by atoms with van der Waals surface area (Å²) < 4.78 is 5.70. The summed E-state index contributed by atoms with van der Waals surface area (Å²) in [6.07, 6.45) is 7.74. The number of benzene rings is 1. The van der Waals surface area contributed by atoms with Gasteiger partial charge in [-0.05, 0) is 18.6 Å². The molecule has 1 saturated heterocycles. The summed E-state index contributed by atoms with van der Waals surface area (Å²) >= 11 is 1.91. The third-order valence-corrected chi connectivity index (χ3v) is 4.29. The van der Waals surface area contributed by atoms with Crippen LogP contribution in [-0.4, -0.2) is 18.0 Å². The molecule has 17 heavy (non-hydrogen) atoms. The number of hydrogen-bond acceptors (Lipinski definition) is 2. The lowest BCUT2D eigenvalue weighted by molar-refractivity contribution is 0.366. The first-order valence-corrected chi connectivity index (χ1v) is 7.72. The van der Waals surface area contributed by atoms with Crippen molar-refractivity contribution < 1.29 is 4.74 Å². The molecule has 1 aromatic rings. The van der Waals surface area contributed by atoms with Gasteiger partial charge in [-0.25, -0.2) is 0 Å². The second-order valence-electron chi connectivity index (χ2n) is 4.69. The Bertz CT molecular complexity index is 312. The van der Waals surface area contributed by atoms with Crippen molar-refractivity contribution in [3.63, 3.8) is 0 Å². The Morgan fingerprint density at radius 2 is 1.88 bits per heavy atom. The molecule has 1 nitrogen and oxygen atoms in total. The van der Waals surface area contributed by atoms with E-state index in [1.165, 1.54) is 37.0 Å². The van der Waals surface area contributed by atoms with Crippen LogP contribution < -0.4 is 0 Å². The predicted molar refractivity (Wildman–Crippen MR) is 74.6 cm³/mol. The lowest BCUT2D eigenvalue weighted by atomic mass is 10.1. The van der Waals surface area contributed by atoms with Gasteiger partial charge < -0.3 is 4.74 Å². The molecule has 1 aliphatic rings. The molecular weight excluding hydrogens is 228 g/mol. The number of rotatable bonds is 8. The molecule has 0 bridgehead atoms. The van der Waals surface area contributed by atoms with Crippen LogP contribution in [0.1, 0.15) is 39.0 Å². The Labute approximate surface area is 109 Å². The normalized spacial score (nSPS) is 22.6. The smallest absolute Gasteiger partial charge is 0.0935 e. The molecule has 0 aromatic heterocycles. The highest BCUT2D eigenvalue weighted by molar-refractivity contribution is 7.99. The minimum Gasteiger partial charge on any atom is -0.369 e. The summed E-state index contributed by atoms with van der Waals surface area (Å²) in [7, 11) is 0. The van der Waals surface area contributed by atoms with Gasteiger partial charge in [0.15, 0.2) is 0 Å². The fourth-order valence-corrected chi connectivity index (χ4v) is 3.05. The van der Waals surface area contributed by atoms with Gasteiger partial charge in [0.05, 0.1) is 12.2 Å². The Kier molecular flexibility index (Phi) is 5.40. The second kappa shape index (κ2) is 7.07. The molecule has 1 fully saturated rings. The van der Waals surface area contributed by atoms with Crippen LogP contribution in [0.4, 0.5) is 0 Å². The maximum atomic E-state index is 5.70. The van der Waals surface area contributed by atoms with E-state index in [2.05, 4.69) is 37.3 Å². The molecule has 2 rings (SSSR count). The molecule has 0 radical (unpaired) electrons. The van der Waals surface area contributed by atoms with Crippen LogP contribution in [0, 0.1) is 0 Å². The van der Waals surface area contributed by atoms with Gasteiger partial charge in [-0.1, -0.05) is 50.8 Å². The first-order chi connectivity index (χ1) is 8.40. The van der Waals surface area contributed by atoms with Crippen LogP contribution in [0.2, 0.25) is 0 Å². The Morgan fingerprint density at radius 3 is 2.65 bits per heavy atom. The number of unbranched alkanes of at least 4 members (excludes halogenated alkanes) is 3. The molecule has 2 atom stereocenters. The van der Waals surface area contributed by atoms with Crippen molar-refractivity contribution in [3.8, 4) is 0 Å². The third kappa shape index (κ3) is 4.72. The van der Waals surface area contributed by atoms with Crippen LogP contribution >= 0.6 is 11.8 Å². The first kappa shape index (κ1) is 13.0. The van der Waals surface area contributed by atoms with Crippen LogP contribution in [0.15, 0.2) is 35.2 Å². The molecule has 0 aliphatic carbocycles. The monoisotopic (exact) mass is 250 g/mol. The molecule has 0 spiro atoms. The van der Waals surface area contributed by atoms with Gasteiger partial charge in [-0.3, -0.25) is 0 Å². The molecule has 0 saturated carbocycles. The number of hydrogen-bond donors (Lipinski definition) is 0. The van der Waals surface area contributed by atoms with E-state index in [0.29, 0.717) is 12.2 Å². The van der Waals surface area contributed by atoms with Gasteiger partial charge in [0.2, 0.25) is 0 Å². The van der Waals surface area contributed by atoms with Crippen molar-refractivity contribution in [3.05, 3.63) is 30.3 Å². The van der Waals surface area contributed by atoms with Crippen LogP contribution in [-0.2, 0) is 4.74 Å². The zero-order valence-electron chi connectivity index (χ0n) is 10.6. The van der Waals surface area contributed by atoms with Crippen LogP contribution in [0.25, 0.3) is 0 Å². The summed E-state index contributed by atoms with van der Waals surface area (Å²) in [5, 5.41) is 0.